The van der Waals surface area contributed by atoms with Crippen LogP contribution in [0.5, 0.6) is 0 Å². The van der Waals surface area contributed by atoms with E-state index in [1.165, 1.54) is 24.0 Å². The van der Waals surface area contributed by atoms with Crippen LogP contribution in [0.4, 0.5) is 0 Å². The number of rotatable bonds is 7. The van der Waals surface area contributed by atoms with Crippen LogP contribution in [0.15, 0.2) is 24.3 Å². The van der Waals surface area contributed by atoms with E-state index in [1.54, 1.807) is 0 Å². The average Bonchev–Trinajstić information content (AvgIpc) is 2.48. The van der Waals surface area contributed by atoms with Crippen molar-refractivity contribution >= 4 is 5.97 Å². The SMILES string of the molecule is CCc1ccc(CN2CCCC(CNCC(=O)O)C2)cc1. The molecule has 1 fully saturated rings. The fourth-order valence-corrected chi connectivity index (χ4v) is 2.98. The van der Waals surface area contributed by atoms with Crippen molar-refractivity contribution in [2.45, 2.75) is 32.7 Å². The van der Waals surface area contributed by atoms with Crippen LogP contribution in [0.3, 0.4) is 0 Å². The molecule has 1 aromatic rings. The summed E-state index contributed by atoms with van der Waals surface area (Å²) in [6.07, 6.45) is 3.48. The maximum Gasteiger partial charge on any atom is 0.317 e. The largest absolute Gasteiger partial charge is 0.480 e. The van der Waals surface area contributed by atoms with Gasteiger partial charge in [-0.2, -0.15) is 0 Å². The fraction of sp³-hybridized carbons (Fsp3) is 0.588. The lowest BCUT2D eigenvalue weighted by Gasteiger charge is -2.32. The molecule has 2 rings (SSSR count). The molecule has 1 heterocycles. The fourth-order valence-electron chi connectivity index (χ4n) is 2.98. The van der Waals surface area contributed by atoms with Crippen LogP contribution < -0.4 is 5.32 Å². The van der Waals surface area contributed by atoms with Crippen molar-refractivity contribution in [1.29, 1.82) is 0 Å². The first-order valence-corrected chi connectivity index (χ1v) is 7.90. The Balaban J connectivity index is 1.78. The number of piperidine rings is 1. The highest BCUT2D eigenvalue weighted by Crippen LogP contribution is 2.18. The van der Waals surface area contributed by atoms with Gasteiger partial charge in [-0.05, 0) is 49.4 Å². The number of likely N-dealkylation sites (tertiary alicyclic amines) is 1. The van der Waals surface area contributed by atoms with Crippen molar-refractivity contribution < 1.29 is 9.90 Å². The molecule has 1 aromatic carbocycles. The van der Waals surface area contributed by atoms with E-state index in [1.807, 2.05) is 0 Å². The number of benzene rings is 1. The van der Waals surface area contributed by atoms with Gasteiger partial charge in [0.2, 0.25) is 0 Å². The van der Waals surface area contributed by atoms with Gasteiger partial charge in [0.15, 0.2) is 0 Å². The van der Waals surface area contributed by atoms with Gasteiger partial charge in [0.05, 0.1) is 6.54 Å². The van der Waals surface area contributed by atoms with E-state index in [9.17, 15) is 4.79 Å². The van der Waals surface area contributed by atoms with E-state index in [2.05, 4.69) is 41.4 Å². The Morgan fingerprint density at radius 2 is 2.05 bits per heavy atom. The highest BCUT2D eigenvalue weighted by atomic mass is 16.4. The quantitative estimate of drug-likeness (QED) is 0.808. The van der Waals surface area contributed by atoms with E-state index in [-0.39, 0.29) is 6.54 Å². The molecule has 0 aliphatic carbocycles. The molecule has 21 heavy (non-hydrogen) atoms. The van der Waals surface area contributed by atoms with Crippen molar-refractivity contribution in [3.05, 3.63) is 35.4 Å². The van der Waals surface area contributed by atoms with Crippen LogP contribution in [0.2, 0.25) is 0 Å². The third kappa shape index (κ3) is 5.48. The standard InChI is InChI=1S/C17H26N2O2/c1-2-14-5-7-15(8-6-14)12-19-9-3-4-16(13-19)10-18-11-17(20)21/h5-8,16,18H,2-4,9-13H2,1H3,(H,20,21). The Hall–Kier alpha value is -1.39. The Morgan fingerprint density at radius 1 is 1.33 bits per heavy atom. The number of nitrogens with one attached hydrogen (secondary N) is 1. The number of nitrogens with zero attached hydrogens (tertiary/aromatic N) is 1. The smallest absolute Gasteiger partial charge is 0.317 e. The lowest BCUT2D eigenvalue weighted by Crippen LogP contribution is -2.40. The van der Waals surface area contributed by atoms with Crippen LogP contribution in [0.25, 0.3) is 0 Å². The summed E-state index contributed by atoms with van der Waals surface area (Å²) in [6, 6.07) is 8.88. The summed E-state index contributed by atoms with van der Waals surface area (Å²) >= 11 is 0. The minimum Gasteiger partial charge on any atom is -0.480 e. The van der Waals surface area contributed by atoms with Crippen molar-refractivity contribution in [3.8, 4) is 0 Å². The Labute approximate surface area is 127 Å². The number of carboxylic acid groups (broad SMARTS) is 1. The molecule has 1 aliphatic rings. The molecule has 0 amide bonds. The van der Waals surface area contributed by atoms with Crippen molar-refractivity contribution in [1.82, 2.24) is 10.2 Å². The first kappa shape index (κ1) is 16.0. The Kier molecular flexibility index (Phi) is 6.21. The molecular weight excluding hydrogens is 264 g/mol. The van der Waals surface area contributed by atoms with Gasteiger partial charge >= 0.3 is 5.97 Å². The van der Waals surface area contributed by atoms with Crippen molar-refractivity contribution in [2.24, 2.45) is 5.92 Å². The number of aryl methyl sites for hydroxylation is 1. The second-order valence-electron chi connectivity index (χ2n) is 5.94. The topological polar surface area (TPSA) is 52.6 Å². The zero-order valence-electron chi connectivity index (χ0n) is 12.8. The summed E-state index contributed by atoms with van der Waals surface area (Å²) in [6.45, 7) is 6.24. The molecule has 1 saturated heterocycles. The average molecular weight is 290 g/mol. The minimum absolute atomic E-state index is 0.0645. The highest BCUT2D eigenvalue weighted by Gasteiger charge is 2.19. The van der Waals surface area contributed by atoms with Crippen LogP contribution in [0.1, 0.15) is 30.9 Å². The van der Waals surface area contributed by atoms with Gasteiger partial charge in [0.25, 0.3) is 0 Å². The number of hydrogen-bond acceptors (Lipinski definition) is 3. The van der Waals surface area contributed by atoms with Gasteiger partial charge in [-0.15, -0.1) is 0 Å². The predicted molar refractivity (Wildman–Crippen MR) is 84.3 cm³/mol. The highest BCUT2D eigenvalue weighted by molar-refractivity contribution is 5.68. The molecule has 0 aromatic heterocycles. The first-order chi connectivity index (χ1) is 10.2. The zero-order chi connectivity index (χ0) is 15.1. The normalized spacial score (nSPS) is 19.6. The van der Waals surface area contributed by atoms with Crippen LogP contribution in [-0.4, -0.2) is 42.2 Å². The summed E-state index contributed by atoms with van der Waals surface area (Å²) in [5, 5.41) is 11.7. The van der Waals surface area contributed by atoms with Crippen molar-refractivity contribution in [3.63, 3.8) is 0 Å². The third-order valence-electron chi connectivity index (χ3n) is 4.15. The summed E-state index contributed by atoms with van der Waals surface area (Å²) < 4.78 is 0. The number of hydrogen-bond donors (Lipinski definition) is 2. The number of carboxylic acids is 1. The molecule has 0 spiro atoms. The molecule has 4 heteroatoms. The predicted octanol–water partition coefficient (Wildman–Crippen LogP) is 2.14. The number of aliphatic carboxylic acids is 1. The van der Waals surface area contributed by atoms with Gasteiger partial charge in [0, 0.05) is 13.1 Å². The second kappa shape index (κ2) is 8.15. The van der Waals surface area contributed by atoms with Gasteiger partial charge in [-0.3, -0.25) is 9.69 Å². The molecule has 4 nitrogen and oxygen atoms in total. The molecule has 2 N–H and O–H groups in total. The van der Waals surface area contributed by atoms with Gasteiger partial charge in [-0.1, -0.05) is 31.2 Å². The summed E-state index contributed by atoms with van der Waals surface area (Å²) in [4.78, 5) is 13.0. The molecule has 0 bridgehead atoms. The van der Waals surface area contributed by atoms with Crippen LogP contribution >= 0.6 is 0 Å². The Morgan fingerprint density at radius 3 is 2.71 bits per heavy atom. The van der Waals surface area contributed by atoms with Crippen molar-refractivity contribution in [2.75, 3.05) is 26.2 Å². The summed E-state index contributed by atoms with van der Waals surface area (Å²) in [5.74, 6) is -0.216. The maximum atomic E-state index is 10.5. The summed E-state index contributed by atoms with van der Waals surface area (Å²) in [5.41, 5.74) is 2.75. The maximum absolute atomic E-state index is 10.5. The molecule has 0 saturated carbocycles. The second-order valence-corrected chi connectivity index (χ2v) is 5.94. The monoisotopic (exact) mass is 290 g/mol. The van der Waals surface area contributed by atoms with Gasteiger partial charge < -0.3 is 10.4 Å². The van der Waals surface area contributed by atoms with E-state index < -0.39 is 5.97 Å². The van der Waals surface area contributed by atoms with E-state index >= 15 is 0 Å². The van der Waals surface area contributed by atoms with Crippen LogP contribution in [-0.2, 0) is 17.8 Å². The molecule has 0 radical (unpaired) electrons. The molecule has 116 valence electrons. The van der Waals surface area contributed by atoms with E-state index in [0.29, 0.717) is 5.92 Å². The third-order valence-corrected chi connectivity index (χ3v) is 4.15. The van der Waals surface area contributed by atoms with Crippen LogP contribution in [0, 0.1) is 5.92 Å². The van der Waals surface area contributed by atoms with Gasteiger partial charge in [-0.25, -0.2) is 0 Å². The van der Waals surface area contributed by atoms with E-state index in [4.69, 9.17) is 5.11 Å². The van der Waals surface area contributed by atoms with E-state index in [0.717, 1.165) is 32.6 Å². The zero-order valence-corrected chi connectivity index (χ0v) is 12.8. The summed E-state index contributed by atoms with van der Waals surface area (Å²) in [7, 11) is 0. The molecule has 1 aliphatic heterocycles. The molecular formula is C17H26N2O2. The minimum atomic E-state index is -0.779. The number of carbonyl (C=O) groups is 1. The lowest BCUT2D eigenvalue weighted by molar-refractivity contribution is -0.136. The molecule has 1 atom stereocenters. The van der Waals surface area contributed by atoms with Gasteiger partial charge in [0.1, 0.15) is 0 Å². The lowest BCUT2D eigenvalue weighted by atomic mass is 9.97. The first-order valence-electron chi connectivity index (χ1n) is 7.90. The Bertz CT molecular complexity index is 445. The molecule has 1 unspecified atom stereocenters.